The van der Waals surface area contributed by atoms with Crippen molar-refractivity contribution >= 4 is 17.1 Å². The number of piperidine rings is 1. The molecule has 5 rings (SSSR count). The highest BCUT2D eigenvalue weighted by Crippen LogP contribution is 2.30. The number of H-pyrrole nitrogens is 1. The highest BCUT2D eigenvalue weighted by Gasteiger charge is 2.28. The van der Waals surface area contributed by atoms with Crippen LogP contribution in [0.4, 0.5) is 4.39 Å². The van der Waals surface area contributed by atoms with Crippen molar-refractivity contribution in [1.29, 1.82) is 0 Å². The van der Waals surface area contributed by atoms with Gasteiger partial charge in [-0.3, -0.25) is 9.89 Å². The van der Waals surface area contributed by atoms with E-state index in [1.807, 2.05) is 29.2 Å². The van der Waals surface area contributed by atoms with E-state index in [0.29, 0.717) is 24.3 Å². The van der Waals surface area contributed by atoms with Crippen molar-refractivity contribution in [3.05, 3.63) is 78.0 Å². The minimum absolute atomic E-state index is 0.00133. The van der Waals surface area contributed by atoms with Crippen LogP contribution >= 0.6 is 0 Å². The Bertz CT molecular complexity index is 1200. The third kappa shape index (κ3) is 3.43. The number of carbonyl (C=O) groups is 1. The van der Waals surface area contributed by atoms with E-state index >= 15 is 0 Å². The molecule has 1 N–H and O–H groups in total. The lowest BCUT2D eigenvalue weighted by Crippen LogP contribution is -2.39. The first kappa shape index (κ1) is 18.4. The van der Waals surface area contributed by atoms with Crippen LogP contribution in [0.25, 0.3) is 22.3 Å². The average Bonchev–Trinajstić information content (AvgIpc) is 3.23. The number of nitrogens with zero attached hydrogens (tertiary/aromatic N) is 4. The van der Waals surface area contributed by atoms with Crippen molar-refractivity contribution in [3.8, 4) is 11.1 Å². The monoisotopic (exact) mass is 401 g/mol. The molecular weight excluding hydrogens is 381 g/mol. The number of benzene rings is 2. The van der Waals surface area contributed by atoms with Crippen LogP contribution in [0.3, 0.4) is 0 Å². The number of aromatic amines is 1. The van der Waals surface area contributed by atoms with E-state index in [1.54, 1.807) is 24.5 Å². The largest absolute Gasteiger partial charge is 0.338 e. The molecule has 0 spiro atoms. The van der Waals surface area contributed by atoms with Gasteiger partial charge in [0.2, 0.25) is 0 Å². The third-order valence-electron chi connectivity index (χ3n) is 5.62. The summed E-state index contributed by atoms with van der Waals surface area (Å²) in [7, 11) is 0. The van der Waals surface area contributed by atoms with Gasteiger partial charge in [0.1, 0.15) is 11.3 Å². The molecule has 0 unspecified atom stereocenters. The molecule has 2 aromatic heterocycles. The van der Waals surface area contributed by atoms with Crippen LogP contribution in [0.1, 0.15) is 34.8 Å². The summed E-state index contributed by atoms with van der Waals surface area (Å²) in [5, 5.41) is 7.32. The van der Waals surface area contributed by atoms with Crippen molar-refractivity contribution < 1.29 is 9.18 Å². The molecule has 0 bridgehead atoms. The summed E-state index contributed by atoms with van der Waals surface area (Å²) < 4.78 is 13.2. The second-order valence-electron chi connectivity index (χ2n) is 7.54. The molecule has 1 atom stereocenters. The number of aromatic nitrogens is 4. The average molecular weight is 401 g/mol. The Balaban J connectivity index is 1.38. The Morgan fingerprint density at radius 2 is 1.90 bits per heavy atom. The van der Waals surface area contributed by atoms with E-state index in [1.165, 1.54) is 12.1 Å². The van der Waals surface area contributed by atoms with Crippen LogP contribution in [-0.4, -0.2) is 44.1 Å². The molecule has 2 aromatic carbocycles. The number of fused-ring (bicyclic) bond motifs is 1. The molecule has 0 aliphatic carbocycles. The number of halogens is 1. The minimum atomic E-state index is -0.277. The summed E-state index contributed by atoms with van der Waals surface area (Å²) >= 11 is 0. The molecule has 1 aliphatic rings. The van der Waals surface area contributed by atoms with Gasteiger partial charge in [-0.25, -0.2) is 14.4 Å². The summed E-state index contributed by atoms with van der Waals surface area (Å²) in [5.74, 6) is -0.135. The predicted molar refractivity (Wildman–Crippen MR) is 111 cm³/mol. The number of nitrogens with one attached hydrogen (secondary N) is 1. The molecule has 3 heterocycles. The first-order valence-electron chi connectivity index (χ1n) is 9.99. The predicted octanol–water partition coefficient (Wildman–Crippen LogP) is 4.18. The SMILES string of the molecule is O=C(c1cccc(-c2ccc(F)cc2)c1)N1CCC[C@H](c2[nH]nc3nccnc23)C1. The van der Waals surface area contributed by atoms with Gasteiger partial charge in [0, 0.05) is 37.0 Å². The number of hydrogen-bond donors (Lipinski definition) is 1. The first-order valence-corrected chi connectivity index (χ1v) is 9.99. The third-order valence-corrected chi connectivity index (χ3v) is 5.62. The molecule has 6 nitrogen and oxygen atoms in total. The maximum Gasteiger partial charge on any atom is 0.253 e. The zero-order chi connectivity index (χ0) is 20.5. The van der Waals surface area contributed by atoms with Crippen molar-refractivity contribution in [1.82, 2.24) is 25.1 Å². The van der Waals surface area contributed by atoms with Gasteiger partial charge in [-0.15, -0.1) is 0 Å². The van der Waals surface area contributed by atoms with Crippen LogP contribution in [0, 0.1) is 5.82 Å². The van der Waals surface area contributed by atoms with Gasteiger partial charge in [0.15, 0.2) is 5.65 Å². The van der Waals surface area contributed by atoms with E-state index in [0.717, 1.165) is 35.2 Å². The molecule has 1 amide bonds. The zero-order valence-electron chi connectivity index (χ0n) is 16.3. The fourth-order valence-electron chi connectivity index (χ4n) is 4.11. The summed E-state index contributed by atoms with van der Waals surface area (Å²) in [6.07, 6.45) is 5.16. The summed E-state index contributed by atoms with van der Waals surface area (Å²) in [6, 6.07) is 13.8. The van der Waals surface area contributed by atoms with Gasteiger partial charge >= 0.3 is 0 Å². The molecule has 1 aliphatic heterocycles. The van der Waals surface area contributed by atoms with E-state index in [2.05, 4.69) is 20.2 Å². The fraction of sp³-hybridized carbons (Fsp3) is 0.217. The Labute approximate surface area is 172 Å². The lowest BCUT2D eigenvalue weighted by Gasteiger charge is -2.32. The van der Waals surface area contributed by atoms with Crippen LogP contribution in [0.15, 0.2) is 60.9 Å². The number of carbonyl (C=O) groups excluding carboxylic acids is 1. The molecule has 0 radical (unpaired) electrons. The standard InChI is InChI=1S/C23H20FN5O/c24-19-8-6-15(7-9-19)16-3-1-4-17(13-16)23(30)29-12-2-5-18(14-29)20-21-22(28-27-20)26-11-10-25-21/h1,3-4,6-11,13,18H,2,5,12,14H2,(H,26,27,28)/t18-/m0/s1. The number of amides is 1. The summed E-state index contributed by atoms with van der Waals surface area (Å²) in [5.41, 5.74) is 4.72. The molecule has 0 saturated carbocycles. The quantitative estimate of drug-likeness (QED) is 0.559. The van der Waals surface area contributed by atoms with Crippen LogP contribution < -0.4 is 0 Å². The topological polar surface area (TPSA) is 74.8 Å². The minimum Gasteiger partial charge on any atom is -0.338 e. The summed E-state index contributed by atoms with van der Waals surface area (Å²) in [4.78, 5) is 23.8. The number of rotatable bonds is 3. The molecule has 1 saturated heterocycles. The van der Waals surface area contributed by atoms with E-state index in [-0.39, 0.29) is 17.6 Å². The Hall–Kier alpha value is -3.61. The van der Waals surface area contributed by atoms with Crippen molar-refractivity contribution in [2.24, 2.45) is 0 Å². The summed E-state index contributed by atoms with van der Waals surface area (Å²) in [6.45, 7) is 1.32. The van der Waals surface area contributed by atoms with Crippen LogP contribution in [-0.2, 0) is 0 Å². The maximum atomic E-state index is 13.2. The number of hydrogen-bond acceptors (Lipinski definition) is 4. The lowest BCUT2D eigenvalue weighted by atomic mass is 9.93. The second-order valence-corrected chi connectivity index (χ2v) is 7.54. The van der Waals surface area contributed by atoms with Gasteiger partial charge in [0.05, 0.1) is 5.69 Å². The van der Waals surface area contributed by atoms with Crippen LogP contribution in [0.5, 0.6) is 0 Å². The Kier molecular flexibility index (Phi) is 4.71. The fourth-order valence-corrected chi connectivity index (χ4v) is 4.11. The normalized spacial score (nSPS) is 16.7. The second kappa shape index (κ2) is 7.67. The Morgan fingerprint density at radius 1 is 1.07 bits per heavy atom. The molecule has 30 heavy (non-hydrogen) atoms. The van der Waals surface area contributed by atoms with Gasteiger partial charge in [-0.1, -0.05) is 24.3 Å². The maximum absolute atomic E-state index is 13.2. The Morgan fingerprint density at radius 3 is 2.77 bits per heavy atom. The van der Waals surface area contributed by atoms with E-state index < -0.39 is 0 Å². The van der Waals surface area contributed by atoms with Crippen LogP contribution in [0.2, 0.25) is 0 Å². The first-order chi connectivity index (χ1) is 14.7. The van der Waals surface area contributed by atoms with Gasteiger partial charge in [-0.2, -0.15) is 5.10 Å². The molecule has 4 aromatic rings. The van der Waals surface area contributed by atoms with E-state index in [4.69, 9.17) is 0 Å². The van der Waals surface area contributed by atoms with E-state index in [9.17, 15) is 9.18 Å². The smallest absolute Gasteiger partial charge is 0.253 e. The highest BCUT2D eigenvalue weighted by molar-refractivity contribution is 5.95. The highest BCUT2D eigenvalue weighted by atomic mass is 19.1. The lowest BCUT2D eigenvalue weighted by molar-refractivity contribution is 0.0706. The van der Waals surface area contributed by atoms with Gasteiger partial charge < -0.3 is 4.90 Å². The van der Waals surface area contributed by atoms with Crippen molar-refractivity contribution in [3.63, 3.8) is 0 Å². The van der Waals surface area contributed by atoms with Gasteiger partial charge in [0.25, 0.3) is 5.91 Å². The molecule has 7 heteroatoms. The number of likely N-dealkylation sites (tertiary alicyclic amines) is 1. The molecule has 1 fully saturated rings. The molecular formula is C23H20FN5O. The zero-order valence-corrected chi connectivity index (χ0v) is 16.3. The van der Waals surface area contributed by atoms with Crippen molar-refractivity contribution in [2.75, 3.05) is 13.1 Å². The molecule has 150 valence electrons. The van der Waals surface area contributed by atoms with Crippen molar-refractivity contribution in [2.45, 2.75) is 18.8 Å². The van der Waals surface area contributed by atoms with Gasteiger partial charge in [-0.05, 0) is 48.2 Å².